The van der Waals surface area contributed by atoms with E-state index in [1.165, 1.54) is 6.08 Å². The zero-order valence-electron chi connectivity index (χ0n) is 12.4. The fourth-order valence-electron chi connectivity index (χ4n) is 1.59. The fraction of sp³-hybridized carbons (Fsp3) is 0.600. The van der Waals surface area contributed by atoms with Crippen molar-refractivity contribution in [2.45, 2.75) is 46.6 Å². The van der Waals surface area contributed by atoms with Gasteiger partial charge in [-0.15, -0.1) is 6.58 Å². The maximum absolute atomic E-state index is 12.1. The van der Waals surface area contributed by atoms with Crippen LogP contribution in [0.4, 0.5) is 0 Å². The van der Waals surface area contributed by atoms with Gasteiger partial charge in [0, 0.05) is 5.57 Å². The molecule has 0 spiro atoms. The highest BCUT2D eigenvalue weighted by Gasteiger charge is 2.30. The van der Waals surface area contributed by atoms with Gasteiger partial charge in [0.05, 0.1) is 5.92 Å². The summed E-state index contributed by atoms with van der Waals surface area (Å²) in [5, 5.41) is 9.26. The van der Waals surface area contributed by atoms with E-state index in [0.29, 0.717) is 0 Å². The fourth-order valence-corrected chi connectivity index (χ4v) is 1.59. The lowest BCUT2D eigenvalue weighted by atomic mass is 9.92. The number of rotatable bonds is 6. The second-order valence-corrected chi connectivity index (χ2v) is 5.78. The molecule has 0 saturated carbocycles. The molecule has 0 aliphatic rings. The van der Waals surface area contributed by atoms with Crippen molar-refractivity contribution in [3.8, 4) is 0 Å². The van der Waals surface area contributed by atoms with E-state index >= 15 is 0 Å². The summed E-state index contributed by atoms with van der Waals surface area (Å²) >= 11 is 0. The SMILES string of the molecule is C=CC[C@@H](C(=O)OC(C)(C)C)C(=CC(C)C)C(=O)O. The molecule has 0 aliphatic carbocycles. The first-order chi connectivity index (χ1) is 8.58. The Balaban J connectivity index is 5.32. The van der Waals surface area contributed by atoms with Gasteiger partial charge in [0.25, 0.3) is 0 Å². The molecule has 108 valence electrons. The summed E-state index contributed by atoms with van der Waals surface area (Å²) in [5.41, 5.74) is -0.568. The average Bonchev–Trinajstić information content (AvgIpc) is 2.19. The van der Waals surface area contributed by atoms with Crippen molar-refractivity contribution in [3.05, 3.63) is 24.3 Å². The molecule has 4 heteroatoms. The molecule has 19 heavy (non-hydrogen) atoms. The third-order valence-electron chi connectivity index (χ3n) is 2.23. The number of carboxylic acids is 1. The third-order valence-corrected chi connectivity index (χ3v) is 2.23. The lowest BCUT2D eigenvalue weighted by Crippen LogP contribution is -2.31. The van der Waals surface area contributed by atoms with Crippen molar-refractivity contribution >= 4 is 11.9 Å². The summed E-state index contributed by atoms with van der Waals surface area (Å²) in [4.78, 5) is 23.4. The molecule has 0 aromatic heterocycles. The molecule has 0 fully saturated rings. The largest absolute Gasteiger partial charge is 0.478 e. The molecule has 1 N–H and O–H groups in total. The Bertz CT molecular complexity index is 372. The number of carbonyl (C=O) groups excluding carboxylic acids is 1. The zero-order valence-corrected chi connectivity index (χ0v) is 12.4. The Morgan fingerprint density at radius 2 is 1.84 bits per heavy atom. The summed E-state index contributed by atoms with van der Waals surface area (Å²) in [6, 6.07) is 0. The van der Waals surface area contributed by atoms with E-state index < -0.39 is 23.5 Å². The molecule has 0 unspecified atom stereocenters. The molecule has 0 heterocycles. The molecule has 1 atom stereocenters. The molecule has 0 saturated heterocycles. The number of ether oxygens (including phenoxy) is 1. The van der Waals surface area contributed by atoms with Crippen LogP contribution in [0.1, 0.15) is 41.0 Å². The Morgan fingerprint density at radius 1 is 1.32 bits per heavy atom. The molecule has 0 aliphatic heterocycles. The lowest BCUT2D eigenvalue weighted by Gasteiger charge is -2.24. The van der Waals surface area contributed by atoms with Gasteiger partial charge in [0.1, 0.15) is 5.60 Å². The number of hydrogen-bond donors (Lipinski definition) is 1. The van der Waals surface area contributed by atoms with Gasteiger partial charge in [-0.1, -0.05) is 26.0 Å². The van der Waals surface area contributed by atoms with E-state index in [-0.39, 0.29) is 17.9 Å². The van der Waals surface area contributed by atoms with Crippen LogP contribution in [-0.2, 0) is 14.3 Å². The minimum atomic E-state index is -1.09. The maximum atomic E-state index is 12.1. The van der Waals surface area contributed by atoms with Crippen LogP contribution in [0.15, 0.2) is 24.3 Å². The quantitative estimate of drug-likeness (QED) is 0.456. The van der Waals surface area contributed by atoms with Gasteiger partial charge in [-0.2, -0.15) is 0 Å². The first-order valence-electron chi connectivity index (χ1n) is 6.37. The average molecular weight is 268 g/mol. The normalized spacial score (nSPS) is 14.1. The van der Waals surface area contributed by atoms with Crippen LogP contribution in [0.5, 0.6) is 0 Å². The van der Waals surface area contributed by atoms with Crippen LogP contribution < -0.4 is 0 Å². The number of allylic oxidation sites excluding steroid dienone is 2. The molecule has 0 bridgehead atoms. The van der Waals surface area contributed by atoms with Gasteiger partial charge < -0.3 is 9.84 Å². The Kier molecular flexibility index (Phi) is 6.53. The Labute approximate surface area is 115 Å². The monoisotopic (exact) mass is 268 g/mol. The summed E-state index contributed by atoms with van der Waals surface area (Å²) < 4.78 is 5.27. The molecular weight excluding hydrogens is 244 g/mol. The number of carbonyl (C=O) groups is 2. The number of hydrogen-bond acceptors (Lipinski definition) is 3. The minimum Gasteiger partial charge on any atom is -0.478 e. The summed E-state index contributed by atoms with van der Waals surface area (Å²) in [6.45, 7) is 12.6. The highest BCUT2D eigenvalue weighted by Crippen LogP contribution is 2.23. The summed E-state index contributed by atoms with van der Waals surface area (Å²) in [6.07, 6.45) is 3.37. The van der Waals surface area contributed by atoms with Crippen molar-refractivity contribution in [1.29, 1.82) is 0 Å². The van der Waals surface area contributed by atoms with Crippen molar-refractivity contribution < 1.29 is 19.4 Å². The predicted molar refractivity (Wildman–Crippen MR) is 74.7 cm³/mol. The molecule has 0 radical (unpaired) electrons. The van der Waals surface area contributed by atoms with E-state index in [1.807, 2.05) is 13.8 Å². The van der Waals surface area contributed by atoms with Crippen molar-refractivity contribution in [2.75, 3.05) is 0 Å². The van der Waals surface area contributed by atoms with E-state index in [1.54, 1.807) is 26.8 Å². The highest BCUT2D eigenvalue weighted by molar-refractivity contribution is 5.94. The number of esters is 1. The topological polar surface area (TPSA) is 63.6 Å². The van der Waals surface area contributed by atoms with Crippen LogP contribution in [-0.4, -0.2) is 22.6 Å². The van der Waals surface area contributed by atoms with Crippen LogP contribution in [0.25, 0.3) is 0 Å². The van der Waals surface area contributed by atoms with Gasteiger partial charge >= 0.3 is 11.9 Å². The standard InChI is InChI=1S/C15H24O4/c1-7-8-11(14(18)19-15(4,5)6)12(13(16)17)9-10(2)3/h7,9-11H,1,8H2,2-6H3,(H,16,17)/t11-/m1/s1. The van der Waals surface area contributed by atoms with E-state index in [4.69, 9.17) is 4.74 Å². The molecule has 0 aromatic carbocycles. The smallest absolute Gasteiger partial charge is 0.332 e. The highest BCUT2D eigenvalue weighted by atomic mass is 16.6. The Morgan fingerprint density at radius 3 is 2.16 bits per heavy atom. The van der Waals surface area contributed by atoms with Gasteiger partial charge in [-0.05, 0) is 33.1 Å². The summed E-state index contributed by atoms with van der Waals surface area (Å²) in [7, 11) is 0. The molecule has 0 rings (SSSR count). The van der Waals surface area contributed by atoms with Gasteiger partial charge in [-0.3, -0.25) is 4.79 Å². The van der Waals surface area contributed by atoms with E-state index in [9.17, 15) is 14.7 Å². The first kappa shape index (κ1) is 17.4. The maximum Gasteiger partial charge on any atom is 0.332 e. The van der Waals surface area contributed by atoms with Crippen molar-refractivity contribution in [1.82, 2.24) is 0 Å². The van der Waals surface area contributed by atoms with Gasteiger partial charge in [0.15, 0.2) is 0 Å². The molecule has 0 aromatic rings. The van der Waals surface area contributed by atoms with Gasteiger partial charge in [-0.25, -0.2) is 4.79 Å². The minimum absolute atomic E-state index is 0.0425. The zero-order chi connectivity index (χ0) is 15.2. The molecule has 0 amide bonds. The van der Waals surface area contributed by atoms with Crippen LogP contribution in [0, 0.1) is 11.8 Å². The molecular formula is C15H24O4. The van der Waals surface area contributed by atoms with Crippen LogP contribution in [0.2, 0.25) is 0 Å². The second kappa shape index (κ2) is 7.12. The van der Waals surface area contributed by atoms with Crippen LogP contribution >= 0.6 is 0 Å². The number of aliphatic carboxylic acids is 1. The van der Waals surface area contributed by atoms with E-state index in [2.05, 4.69) is 6.58 Å². The number of carboxylic acid groups (broad SMARTS) is 1. The van der Waals surface area contributed by atoms with E-state index in [0.717, 1.165) is 0 Å². The Hall–Kier alpha value is -1.58. The van der Waals surface area contributed by atoms with Gasteiger partial charge in [0.2, 0.25) is 0 Å². The molecule has 4 nitrogen and oxygen atoms in total. The lowest BCUT2D eigenvalue weighted by molar-refractivity contribution is -0.159. The summed E-state index contributed by atoms with van der Waals surface area (Å²) in [5.74, 6) is -2.38. The third kappa shape index (κ3) is 6.79. The van der Waals surface area contributed by atoms with Crippen LogP contribution in [0.3, 0.4) is 0 Å². The predicted octanol–water partition coefficient (Wildman–Crippen LogP) is 3.19. The van der Waals surface area contributed by atoms with Crippen molar-refractivity contribution in [3.63, 3.8) is 0 Å². The van der Waals surface area contributed by atoms with Crippen molar-refractivity contribution in [2.24, 2.45) is 11.8 Å². The first-order valence-corrected chi connectivity index (χ1v) is 6.37. The second-order valence-electron chi connectivity index (χ2n) is 5.78.